The first kappa shape index (κ1) is 23.6. The van der Waals surface area contributed by atoms with E-state index in [-0.39, 0.29) is 28.2 Å². The van der Waals surface area contributed by atoms with Crippen molar-refractivity contribution in [1.82, 2.24) is 14.9 Å². The smallest absolute Gasteiger partial charge is 0.410 e. The molecule has 4 rings (SSSR count). The molecular weight excluding hydrogens is 468 g/mol. The van der Waals surface area contributed by atoms with Crippen molar-refractivity contribution in [2.45, 2.75) is 50.2 Å². The fraction of sp³-hybridized carbons (Fsp3) is 0.500. The number of nitrogens with zero attached hydrogens (tertiary/aromatic N) is 4. The molecule has 9 nitrogen and oxygen atoms in total. The summed E-state index contributed by atoms with van der Waals surface area (Å²) in [7, 11) is -3.40. The maximum Gasteiger partial charge on any atom is 0.410 e. The first-order chi connectivity index (χ1) is 15.6. The molecule has 2 aliphatic heterocycles. The highest BCUT2D eigenvalue weighted by molar-refractivity contribution is 7.90. The second kappa shape index (κ2) is 9.34. The van der Waals surface area contributed by atoms with E-state index >= 15 is 0 Å². The van der Waals surface area contributed by atoms with Crippen LogP contribution in [0.15, 0.2) is 29.4 Å². The van der Waals surface area contributed by atoms with E-state index in [1.165, 1.54) is 6.33 Å². The molecule has 0 radical (unpaired) electrons. The molecule has 1 saturated heterocycles. The molecule has 0 aliphatic carbocycles. The molecule has 33 heavy (non-hydrogen) atoms. The maximum absolute atomic E-state index is 12.1. The molecule has 0 unspecified atom stereocenters. The number of anilines is 2. The molecule has 178 valence electrons. The summed E-state index contributed by atoms with van der Waals surface area (Å²) < 4.78 is 35.3. The molecular formula is C22H27ClN4O5S. The summed E-state index contributed by atoms with van der Waals surface area (Å²) >= 11 is 6.27. The van der Waals surface area contributed by atoms with E-state index in [0.717, 1.165) is 17.5 Å². The minimum absolute atomic E-state index is 0.0616. The van der Waals surface area contributed by atoms with Crippen LogP contribution in [0.4, 0.5) is 16.3 Å². The molecule has 3 heterocycles. The zero-order valence-electron chi connectivity index (χ0n) is 18.8. The van der Waals surface area contributed by atoms with Crippen molar-refractivity contribution in [3.8, 4) is 5.88 Å². The van der Waals surface area contributed by atoms with Crippen LogP contribution in [0.3, 0.4) is 0 Å². The van der Waals surface area contributed by atoms with E-state index in [4.69, 9.17) is 21.1 Å². The summed E-state index contributed by atoms with van der Waals surface area (Å²) in [5.74, 6) is 1.11. The Hall–Kier alpha value is -2.59. The third-order valence-electron chi connectivity index (χ3n) is 5.66. The van der Waals surface area contributed by atoms with Crippen molar-refractivity contribution >= 4 is 39.0 Å². The summed E-state index contributed by atoms with van der Waals surface area (Å²) in [6, 6.07) is 5.09. The molecule has 2 aliphatic rings. The summed E-state index contributed by atoms with van der Waals surface area (Å²) in [5.41, 5.74) is 1.73. The molecule has 11 heteroatoms. The zero-order chi connectivity index (χ0) is 23.8. The number of aromatic nitrogens is 2. The number of carbonyl (C=O) groups is 1. The number of ether oxygens (including phenoxy) is 2. The van der Waals surface area contributed by atoms with Gasteiger partial charge in [0.15, 0.2) is 9.84 Å². The third kappa shape index (κ3) is 5.33. The number of carbonyl (C=O) groups excluding carboxylic acids is 1. The highest BCUT2D eigenvalue weighted by Gasteiger charge is 2.28. The average molecular weight is 495 g/mol. The number of benzene rings is 1. The van der Waals surface area contributed by atoms with E-state index < -0.39 is 9.84 Å². The quantitative estimate of drug-likeness (QED) is 0.621. The topological polar surface area (TPSA) is 102 Å². The van der Waals surface area contributed by atoms with Gasteiger partial charge in [-0.3, -0.25) is 0 Å². The van der Waals surface area contributed by atoms with Gasteiger partial charge in [0, 0.05) is 50.5 Å². The first-order valence-corrected chi connectivity index (χ1v) is 13.1. The average Bonchev–Trinajstić information content (AvgIpc) is 3.15. The molecule has 1 fully saturated rings. The van der Waals surface area contributed by atoms with Gasteiger partial charge >= 0.3 is 6.09 Å². The van der Waals surface area contributed by atoms with Gasteiger partial charge in [-0.2, -0.15) is 0 Å². The monoisotopic (exact) mass is 494 g/mol. The normalized spacial score (nSPS) is 16.8. The number of halogens is 1. The predicted octanol–water partition coefficient (Wildman–Crippen LogP) is 3.62. The van der Waals surface area contributed by atoms with Gasteiger partial charge in [0.1, 0.15) is 18.2 Å². The van der Waals surface area contributed by atoms with Crippen molar-refractivity contribution in [3.63, 3.8) is 0 Å². The van der Waals surface area contributed by atoms with E-state index in [9.17, 15) is 13.2 Å². The number of hydrogen-bond acceptors (Lipinski definition) is 8. The first-order valence-electron chi connectivity index (χ1n) is 10.9. The number of sulfone groups is 1. The fourth-order valence-electron chi connectivity index (χ4n) is 4.06. The minimum Gasteiger partial charge on any atom is -0.474 e. The van der Waals surface area contributed by atoms with Crippen LogP contribution in [0, 0.1) is 0 Å². The van der Waals surface area contributed by atoms with Gasteiger partial charge in [0.2, 0.25) is 5.88 Å². The van der Waals surface area contributed by atoms with Gasteiger partial charge in [-0.1, -0.05) is 11.6 Å². The van der Waals surface area contributed by atoms with Crippen LogP contribution >= 0.6 is 11.6 Å². The van der Waals surface area contributed by atoms with Gasteiger partial charge in [-0.05, 0) is 38.0 Å². The maximum atomic E-state index is 12.1. The Bertz CT molecular complexity index is 1150. The standard InChI is InChI=1S/C22H27ClN4O5S/c1-14(2)31-22(28)26-7-5-16(6-8-26)32-21-12-20(24-13-25-21)27-9-4-15-10-19(33(3,29)30)17(23)11-18(15)27/h10-14,16H,4-9H2,1-3H3. The van der Waals surface area contributed by atoms with Crippen LogP contribution in [-0.2, 0) is 21.0 Å². The lowest BCUT2D eigenvalue weighted by Crippen LogP contribution is -2.42. The summed E-state index contributed by atoms with van der Waals surface area (Å²) in [5, 5.41) is 0.191. The lowest BCUT2D eigenvalue weighted by atomic mass is 10.1. The van der Waals surface area contributed by atoms with Crippen molar-refractivity contribution in [2.75, 3.05) is 30.8 Å². The Morgan fingerprint density at radius 3 is 2.55 bits per heavy atom. The van der Waals surface area contributed by atoms with Crippen LogP contribution in [0.1, 0.15) is 32.3 Å². The Balaban J connectivity index is 1.44. The predicted molar refractivity (Wildman–Crippen MR) is 124 cm³/mol. The molecule has 0 spiro atoms. The Morgan fingerprint density at radius 1 is 1.15 bits per heavy atom. The largest absolute Gasteiger partial charge is 0.474 e. The van der Waals surface area contributed by atoms with Crippen LogP contribution in [0.25, 0.3) is 0 Å². The fourth-order valence-corrected chi connectivity index (χ4v) is 5.40. The highest BCUT2D eigenvalue weighted by atomic mass is 35.5. The van der Waals surface area contributed by atoms with Crippen molar-refractivity contribution in [2.24, 2.45) is 0 Å². The van der Waals surface area contributed by atoms with Gasteiger partial charge in [0.25, 0.3) is 0 Å². The van der Waals surface area contributed by atoms with Crippen molar-refractivity contribution < 1.29 is 22.7 Å². The third-order valence-corrected chi connectivity index (χ3v) is 7.22. The van der Waals surface area contributed by atoms with E-state index in [0.29, 0.717) is 50.6 Å². The molecule has 0 saturated carbocycles. The second-order valence-electron chi connectivity index (χ2n) is 8.54. The van der Waals surface area contributed by atoms with Crippen molar-refractivity contribution in [3.05, 3.63) is 35.1 Å². The molecule has 1 amide bonds. The van der Waals surface area contributed by atoms with Crippen LogP contribution < -0.4 is 9.64 Å². The highest BCUT2D eigenvalue weighted by Crippen LogP contribution is 2.39. The van der Waals surface area contributed by atoms with E-state index in [1.807, 2.05) is 18.7 Å². The molecule has 1 aromatic heterocycles. The SMILES string of the molecule is CC(C)OC(=O)N1CCC(Oc2cc(N3CCc4cc(S(C)(=O)=O)c(Cl)cc43)ncn2)CC1. The summed E-state index contributed by atoms with van der Waals surface area (Å²) in [6.07, 6.45) is 4.15. The molecule has 1 aromatic carbocycles. The molecule has 0 N–H and O–H groups in total. The second-order valence-corrected chi connectivity index (χ2v) is 10.9. The minimum atomic E-state index is -3.40. The van der Waals surface area contributed by atoms with Crippen molar-refractivity contribution in [1.29, 1.82) is 0 Å². The van der Waals surface area contributed by atoms with Crippen LogP contribution in [0.5, 0.6) is 5.88 Å². The number of rotatable bonds is 5. The Morgan fingerprint density at radius 2 is 1.88 bits per heavy atom. The molecule has 0 atom stereocenters. The number of fused-ring (bicyclic) bond motifs is 1. The number of likely N-dealkylation sites (tertiary alicyclic amines) is 1. The van der Waals surface area contributed by atoms with Crippen LogP contribution in [-0.4, -0.2) is 67.5 Å². The summed E-state index contributed by atoms with van der Waals surface area (Å²) in [4.78, 5) is 24.5. The number of amides is 1. The van der Waals surface area contributed by atoms with E-state index in [2.05, 4.69) is 9.97 Å². The Kier molecular flexibility index (Phi) is 6.67. The number of piperidine rings is 1. The lowest BCUT2D eigenvalue weighted by Gasteiger charge is -2.31. The lowest BCUT2D eigenvalue weighted by molar-refractivity contribution is 0.0507. The van der Waals surface area contributed by atoms with Gasteiger partial charge < -0.3 is 19.3 Å². The molecule has 0 bridgehead atoms. The van der Waals surface area contributed by atoms with Gasteiger partial charge in [0.05, 0.1) is 16.0 Å². The van der Waals surface area contributed by atoms with Gasteiger partial charge in [-0.25, -0.2) is 23.2 Å². The Labute approximate surface area is 198 Å². The van der Waals surface area contributed by atoms with E-state index in [1.54, 1.807) is 23.1 Å². The number of hydrogen-bond donors (Lipinski definition) is 0. The zero-order valence-corrected chi connectivity index (χ0v) is 20.4. The van der Waals surface area contributed by atoms with Crippen LogP contribution in [0.2, 0.25) is 5.02 Å². The summed E-state index contributed by atoms with van der Waals surface area (Å²) in [6.45, 7) is 5.44. The molecule has 2 aromatic rings. The van der Waals surface area contributed by atoms with Gasteiger partial charge in [-0.15, -0.1) is 0 Å².